The van der Waals surface area contributed by atoms with E-state index in [1.54, 1.807) is 23.7 Å². The number of fused-ring (bicyclic) bond motifs is 1. The molecule has 3 unspecified atom stereocenters. The van der Waals surface area contributed by atoms with Crippen LogP contribution in [0, 0.1) is 31.6 Å². The molecular weight excluding hydrogens is 474 g/mol. The van der Waals surface area contributed by atoms with Crippen LogP contribution in [-0.2, 0) is 14.4 Å². The van der Waals surface area contributed by atoms with E-state index in [-0.39, 0.29) is 35.5 Å². The predicted molar refractivity (Wildman–Crippen MR) is 140 cm³/mol. The number of amides is 3. The number of benzene rings is 2. The summed E-state index contributed by atoms with van der Waals surface area (Å²) < 4.78 is -0.747. The third-order valence-electron chi connectivity index (χ3n) is 8.32. The van der Waals surface area contributed by atoms with Crippen LogP contribution in [0.1, 0.15) is 36.1 Å². The van der Waals surface area contributed by atoms with Crippen LogP contribution in [0.25, 0.3) is 0 Å². The molecule has 5 rings (SSSR count). The van der Waals surface area contributed by atoms with Crippen molar-refractivity contribution in [3.05, 3.63) is 65.2 Å². The number of hydrogen-bond acceptors (Lipinski definition) is 5. The highest BCUT2D eigenvalue weighted by molar-refractivity contribution is 8.02. The Kier molecular flexibility index (Phi) is 6.37. The molecule has 2 aromatic carbocycles. The third kappa shape index (κ3) is 3.57. The summed E-state index contributed by atoms with van der Waals surface area (Å²) in [7, 11) is 1.59. The Bertz CT molecular complexity index is 1200. The van der Waals surface area contributed by atoms with Crippen LogP contribution in [0.4, 0.5) is 5.69 Å². The van der Waals surface area contributed by atoms with Gasteiger partial charge in [0.15, 0.2) is 0 Å². The second-order valence-electron chi connectivity index (χ2n) is 10.3. The lowest BCUT2D eigenvalue weighted by Gasteiger charge is -2.40. The van der Waals surface area contributed by atoms with Crippen LogP contribution in [0.5, 0.6) is 0 Å². The first-order chi connectivity index (χ1) is 17.2. The summed E-state index contributed by atoms with van der Waals surface area (Å²) in [6.45, 7) is 5.68. The number of aryl methyl sites for hydroxylation is 2. The average Bonchev–Trinajstić information content (AvgIpc) is 3.46. The number of carbonyl (C=O) groups excluding carboxylic acids is 3. The van der Waals surface area contributed by atoms with Crippen LogP contribution in [0.2, 0.25) is 0 Å². The Balaban J connectivity index is 1.64. The van der Waals surface area contributed by atoms with Crippen molar-refractivity contribution < 1.29 is 19.5 Å². The molecule has 3 amide bonds. The number of aliphatic hydroxyl groups is 1. The summed E-state index contributed by atoms with van der Waals surface area (Å²) >= 11 is 1.63. The van der Waals surface area contributed by atoms with Crippen molar-refractivity contribution in [2.24, 2.45) is 17.8 Å². The van der Waals surface area contributed by atoms with Gasteiger partial charge in [-0.05, 0) is 48.9 Å². The van der Waals surface area contributed by atoms with Crippen molar-refractivity contribution in [2.75, 3.05) is 19.0 Å². The van der Waals surface area contributed by atoms with E-state index in [0.717, 1.165) is 23.1 Å². The number of rotatable bonds is 6. The van der Waals surface area contributed by atoms with Gasteiger partial charge < -0.3 is 20.6 Å². The number of thioether (sulfide) groups is 1. The minimum atomic E-state index is -0.827. The van der Waals surface area contributed by atoms with E-state index in [4.69, 9.17) is 0 Å². The Morgan fingerprint density at radius 3 is 2.56 bits per heavy atom. The van der Waals surface area contributed by atoms with Crippen molar-refractivity contribution in [2.45, 2.75) is 49.3 Å². The van der Waals surface area contributed by atoms with Crippen molar-refractivity contribution in [3.8, 4) is 0 Å². The van der Waals surface area contributed by atoms with Crippen LogP contribution >= 0.6 is 11.8 Å². The molecule has 0 radical (unpaired) electrons. The minimum absolute atomic E-state index is 0.0173. The molecule has 3 fully saturated rings. The lowest BCUT2D eigenvalue weighted by molar-refractivity contribution is -0.142. The molecule has 3 saturated heterocycles. The van der Waals surface area contributed by atoms with Gasteiger partial charge in [-0.1, -0.05) is 49.4 Å². The van der Waals surface area contributed by atoms with Crippen LogP contribution < -0.4 is 10.6 Å². The minimum Gasteiger partial charge on any atom is -0.394 e. The Morgan fingerprint density at radius 2 is 1.89 bits per heavy atom. The molecule has 7 nitrogen and oxygen atoms in total. The van der Waals surface area contributed by atoms with E-state index in [1.807, 2.05) is 62.4 Å². The van der Waals surface area contributed by atoms with Gasteiger partial charge in [-0.3, -0.25) is 14.4 Å². The van der Waals surface area contributed by atoms with E-state index in [2.05, 4.69) is 17.6 Å². The molecule has 2 aromatic rings. The van der Waals surface area contributed by atoms with E-state index < -0.39 is 28.7 Å². The lowest BCUT2D eigenvalue weighted by Crippen LogP contribution is -2.55. The number of aliphatic hydroxyl groups excluding tert-OH is 1. The standard InChI is InChI=1S/C28H33N3O4S/c1-15-10-11-16(2)19(12-15)30-26(34)24-28-17(3)13-21(36-28)22(25(33)29-4)23(28)27(35)31(24)20(14-32)18-8-6-5-7-9-18/h5-12,17,20-24,32H,13-14H2,1-4H3,(H,29,33)(H,30,34)/t17?,20-,21+,22-,23+,24?,28?/m1/s1. The maximum atomic E-state index is 14.3. The van der Waals surface area contributed by atoms with Gasteiger partial charge in [0.1, 0.15) is 6.04 Å². The normalized spacial score (nSPS) is 31.3. The van der Waals surface area contributed by atoms with Crippen molar-refractivity contribution in [1.29, 1.82) is 0 Å². The third-order valence-corrected chi connectivity index (χ3v) is 10.4. The second-order valence-corrected chi connectivity index (χ2v) is 11.9. The van der Waals surface area contributed by atoms with Gasteiger partial charge in [-0.25, -0.2) is 0 Å². The maximum absolute atomic E-state index is 14.3. The van der Waals surface area contributed by atoms with Crippen molar-refractivity contribution in [1.82, 2.24) is 10.2 Å². The predicted octanol–water partition coefficient (Wildman–Crippen LogP) is 3.06. The van der Waals surface area contributed by atoms with Crippen LogP contribution in [-0.4, -0.2) is 57.4 Å². The van der Waals surface area contributed by atoms with Gasteiger partial charge in [-0.2, -0.15) is 0 Å². The van der Waals surface area contributed by atoms with Crippen molar-refractivity contribution in [3.63, 3.8) is 0 Å². The molecule has 190 valence electrons. The monoisotopic (exact) mass is 507 g/mol. The van der Waals surface area contributed by atoms with Gasteiger partial charge >= 0.3 is 0 Å². The molecule has 3 aliphatic heterocycles. The molecule has 1 spiro atoms. The summed E-state index contributed by atoms with van der Waals surface area (Å²) in [6, 6.07) is 13.7. The summed E-state index contributed by atoms with van der Waals surface area (Å²) in [5.74, 6) is -1.73. The molecule has 0 saturated carbocycles. The smallest absolute Gasteiger partial charge is 0.248 e. The Hall–Kier alpha value is -2.84. The molecule has 7 atom stereocenters. The first kappa shape index (κ1) is 24.8. The number of nitrogens with zero attached hydrogens (tertiary/aromatic N) is 1. The second kappa shape index (κ2) is 9.23. The molecule has 36 heavy (non-hydrogen) atoms. The summed E-state index contributed by atoms with van der Waals surface area (Å²) in [5.41, 5.74) is 3.42. The van der Waals surface area contributed by atoms with Crippen LogP contribution in [0.3, 0.4) is 0 Å². The molecule has 0 aliphatic carbocycles. The van der Waals surface area contributed by atoms with E-state index in [9.17, 15) is 19.5 Å². The fourth-order valence-electron chi connectivity index (χ4n) is 6.66. The summed E-state index contributed by atoms with van der Waals surface area (Å²) in [5, 5.41) is 16.4. The first-order valence-corrected chi connectivity index (χ1v) is 13.4. The number of likely N-dealkylation sites (tertiary alicyclic amines) is 1. The summed E-state index contributed by atoms with van der Waals surface area (Å²) in [6.07, 6.45) is 0.767. The number of nitrogens with one attached hydrogen (secondary N) is 2. The Labute approximate surface area is 216 Å². The molecule has 8 heteroatoms. The molecule has 3 heterocycles. The SMILES string of the molecule is CNC(=O)[C@@H]1[C@@H]2CC(C)C3(S2)C(C(=O)Nc2cc(C)ccc2C)N([C@H](CO)c2ccccc2)C(=O)[C@H]13. The quantitative estimate of drug-likeness (QED) is 0.558. The largest absolute Gasteiger partial charge is 0.394 e. The highest BCUT2D eigenvalue weighted by atomic mass is 32.2. The topological polar surface area (TPSA) is 98.7 Å². The summed E-state index contributed by atoms with van der Waals surface area (Å²) in [4.78, 5) is 43.1. The zero-order valence-electron chi connectivity index (χ0n) is 21.0. The first-order valence-electron chi connectivity index (χ1n) is 12.5. The highest BCUT2D eigenvalue weighted by Crippen LogP contribution is 2.69. The zero-order chi connectivity index (χ0) is 25.8. The maximum Gasteiger partial charge on any atom is 0.248 e. The molecule has 0 aromatic heterocycles. The fourth-order valence-corrected chi connectivity index (χ4v) is 9.07. The Morgan fingerprint density at radius 1 is 1.17 bits per heavy atom. The molecule has 2 bridgehead atoms. The zero-order valence-corrected chi connectivity index (χ0v) is 21.8. The lowest BCUT2D eigenvalue weighted by atomic mass is 9.66. The van der Waals surface area contributed by atoms with Gasteiger partial charge in [0.2, 0.25) is 17.7 Å². The van der Waals surface area contributed by atoms with Crippen LogP contribution in [0.15, 0.2) is 48.5 Å². The van der Waals surface area contributed by atoms with Gasteiger partial charge in [0, 0.05) is 18.0 Å². The average molecular weight is 508 g/mol. The highest BCUT2D eigenvalue weighted by Gasteiger charge is 2.76. The number of carbonyl (C=O) groups is 3. The van der Waals surface area contributed by atoms with E-state index in [1.165, 1.54) is 0 Å². The van der Waals surface area contributed by atoms with Gasteiger partial charge in [0.25, 0.3) is 0 Å². The van der Waals surface area contributed by atoms with Gasteiger partial charge in [-0.15, -0.1) is 11.8 Å². The molecule has 3 N–H and O–H groups in total. The van der Waals surface area contributed by atoms with E-state index in [0.29, 0.717) is 5.69 Å². The van der Waals surface area contributed by atoms with Gasteiger partial charge in [0.05, 0.1) is 29.2 Å². The van der Waals surface area contributed by atoms with E-state index >= 15 is 0 Å². The number of anilines is 1. The number of hydrogen-bond donors (Lipinski definition) is 3. The fraction of sp³-hybridized carbons (Fsp3) is 0.464. The molecular formula is C28H33N3O4S. The van der Waals surface area contributed by atoms with Crippen molar-refractivity contribution >= 4 is 35.2 Å². The molecule has 3 aliphatic rings.